The van der Waals surface area contributed by atoms with Gasteiger partial charge in [-0.25, -0.2) is 8.42 Å². The van der Waals surface area contributed by atoms with Crippen LogP contribution in [0.1, 0.15) is 18.4 Å². The second-order valence-corrected chi connectivity index (χ2v) is 8.42. The molecule has 0 amide bonds. The van der Waals surface area contributed by atoms with Crippen LogP contribution in [0.5, 0.6) is 5.75 Å². The van der Waals surface area contributed by atoms with Crippen LogP contribution >= 0.6 is 0 Å². The number of aromatic nitrogens is 1. The lowest BCUT2D eigenvalue weighted by atomic mass is 10.1. The molecule has 0 aliphatic carbocycles. The fourth-order valence-corrected chi connectivity index (χ4v) is 3.68. The number of nitrogens with zero attached hydrogens (tertiary/aromatic N) is 1. The highest BCUT2D eigenvalue weighted by atomic mass is 32.2. The van der Waals surface area contributed by atoms with Crippen LogP contribution in [0.15, 0.2) is 42.7 Å². The lowest BCUT2D eigenvalue weighted by Crippen LogP contribution is -2.28. The van der Waals surface area contributed by atoms with E-state index in [2.05, 4.69) is 10.3 Å². The molecule has 5 nitrogen and oxygen atoms in total. The van der Waals surface area contributed by atoms with E-state index in [1.807, 2.05) is 30.3 Å². The zero-order valence-corrected chi connectivity index (χ0v) is 14.6. The van der Waals surface area contributed by atoms with Crippen molar-refractivity contribution in [1.82, 2.24) is 10.3 Å². The minimum Gasteiger partial charge on any atom is -0.490 e. The molecule has 1 aliphatic rings. The van der Waals surface area contributed by atoms with E-state index in [1.165, 1.54) is 12.7 Å². The Balaban J connectivity index is 1.74. The van der Waals surface area contributed by atoms with Gasteiger partial charge < -0.3 is 10.1 Å². The average molecular weight is 346 g/mol. The molecule has 0 radical (unpaired) electrons. The first kappa shape index (κ1) is 16.9. The molecular formula is C18H22N2O3S. The summed E-state index contributed by atoms with van der Waals surface area (Å²) in [5.41, 5.74) is 2.63. The average Bonchev–Trinajstić information content (AvgIpc) is 3.05. The Morgan fingerprint density at radius 3 is 2.88 bits per heavy atom. The van der Waals surface area contributed by atoms with Crippen molar-refractivity contribution in [3.05, 3.63) is 48.3 Å². The van der Waals surface area contributed by atoms with Crippen LogP contribution in [0.25, 0.3) is 11.1 Å². The first-order chi connectivity index (χ1) is 11.5. The van der Waals surface area contributed by atoms with Crippen molar-refractivity contribution in [2.45, 2.75) is 24.6 Å². The molecule has 0 spiro atoms. The molecule has 1 N–H and O–H groups in total. The summed E-state index contributed by atoms with van der Waals surface area (Å²) in [6.07, 6.45) is 7.05. The zero-order chi connectivity index (χ0) is 17.0. The number of pyridine rings is 1. The molecule has 0 saturated carbocycles. The van der Waals surface area contributed by atoms with Crippen molar-refractivity contribution < 1.29 is 13.2 Å². The highest BCUT2D eigenvalue weighted by Gasteiger charge is 2.14. The van der Waals surface area contributed by atoms with Crippen LogP contribution in [0.3, 0.4) is 0 Å². The first-order valence-corrected chi connectivity index (χ1v) is 10.1. The molecule has 0 bridgehead atoms. The van der Waals surface area contributed by atoms with Crippen molar-refractivity contribution in [3.8, 4) is 16.9 Å². The van der Waals surface area contributed by atoms with Crippen molar-refractivity contribution in [2.75, 3.05) is 19.4 Å². The molecule has 24 heavy (non-hydrogen) atoms. The van der Waals surface area contributed by atoms with Gasteiger partial charge in [-0.05, 0) is 36.6 Å². The summed E-state index contributed by atoms with van der Waals surface area (Å²) in [5.74, 6) is 0.771. The third kappa shape index (κ3) is 4.79. The van der Waals surface area contributed by atoms with Gasteiger partial charge in [-0.2, -0.15) is 0 Å². The van der Waals surface area contributed by atoms with Crippen molar-refractivity contribution >= 4 is 9.84 Å². The van der Waals surface area contributed by atoms with Gasteiger partial charge in [0, 0.05) is 24.1 Å². The molecule has 2 aromatic rings. The SMILES string of the molecule is CS(=O)(=O)Cc1cccc(-c2cncc(OCC3CCCN3)c2)c1. The van der Waals surface area contributed by atoms with Crippen LogP contribution in [0.2, 0.25) is 0 Å². The molecule has 1 aromatic carbocycles. The van der Waals surface area contributed by atoms with Crippen LogP contribution in [-0.2, 0) is 15.6 Å². The van der Waals surface area contributed by atoms with E-state index in [9.17, 15) is 8.42 Å². The van der Waals surface area contributed by atoms with Crippen LogP contribution in [0, 0.1) is 0 Å². The minimum atomic E-state index is -3.05. The Morgan fingerprint density at radius 1 is 1.25 bits per heavy atom. The number of hydrogen-bond donors (Lipinski definition) is 1. The Hall–Kier alpha value is -1.92. The molecule has 1 fully saturated rings. The van der Waals surface area contributed by atoms with Gasteiger partial charge in [0.2, 0.25) is 0 Å². The Morgan fingerprint density at radius 2 is 2.12 bits per heavy atom. The van der Waals surface area contributed by atoms with Crippen molar-refractivity contribution in [1.29, 1.82) is 0 Å². The molecule has 6 heteroatoms. The number of hydrogen-bond acceptors (Lipinski definition) is 5. The van der Waals surface area contributed by atoms with Gasteiger partial charge in [0.1, 0.15) is 12.4 Å². The van der Waals surface area contributed by atoms with Gasteiger partial charge in [0.05, 0.1) is 11.9 Å². The minimum absolute atomic E-state index is 0.0395. The predicted molar refractivity (Wildman–Crippen MR) is 94.7 cm³/mol. The fourth-order valence-electron chi connectivity index (χ4n) is 2.89. The van der Waals surface area contributed by atoms with Gasteiger partial charge in [-0.1, -0.05) is 24.3 Å². The van der Waals surface area contributed by atoms with E-state index >= 15 is 0 Å². The van der Waals surface area contributed by atoms with Crippen LogP contribution in [-0.4, -0.2) is 38.9 Å². The van der Waals surface area contributed by atoms with Crippen LogP contribution in [0.4, 0.5) is 0 Å². The molecular weight excluding hydrogens is 324 g/mol. The maximum Gasteiger partial charge on any atom is 0.151 e. The largest absolute Gasteiger partial charge is 0.490 e. The highest BCUT2D eigenvalue weighted by Crippen LogP contribution is 2.24. The summed E-state index contributed by atoms with van der Waals surface area (Å²) in [7, 11) is -3.05. The summed E-state index contributed by atoms with van der Waals surface area (Å²) in [6.45, 7) is 1.69. The van der Waals surface area contributed by atoms with Gasteiger partial charge >= 0.3 is 0 Å². The van der Waals surface area contributed by atoms with Gasteiger partial charge in [-0.3, -0.25) is 4.98 Å². The standard InChI is InChI=1S/C18H22N2O3S/c1-24(21,22)13-14-4-2-5-15(8-14)16-9-18(11-19-10-16)23-12-17-6-3-7-20-17/h2,4-5,8-11,17,20H,3,6-7,12-13H2,1H3. The molecule has 1 aliphatic heterocycles. The van der Waals surface area contributed by atoms with Crippen molar-refractivity contribution in [3.63, 3.8) is 0 Å². The topological polar surface area (TPSA) is 68.3 Å². The zero-order valence-electron chi connectivity index (χ0n) is 13.7. The number of rotatable bonds is 6. The first-order valence-electron chi connectivity index (χ1n) is 8.08. The fraction of sp³-hybridized carbons (Fsp3) is 0.389. The lowest BCUT2D eigenvalue weighted by Gasteiger charge is -2.12. The Bertz CT molecular complexity index is 799. The third-order valence-corrected chi connectivity index (χ3v) is 4.87. The van der Waals surface area contributed by atoms with Gasteiger partial charge in [-0.15, -0.1) is 0 Å². The summed E-state index contributed by atoms with van der Waals surface area (Å²) < 4.78 is 28.8. The number of benzene rings is 1. The normalized spacial score (nSPS) is 17.8. The summed E-state index contributed by atoms with van der Waals surface area (Å²) in [6, 6.07) is 9.88. The molecule has 1 atom stereocenters. The van der Waals surface area contributed by atoms with E-state index in [0.29, 0.717) is 12.6 Å². The maximum absolute atomic E-state index is 11.5. The Kier molecular flexibility index (Phi) is 5.16. The molecule has 2 heterocycles. The van der Waals surface area contributed by atoms with E-state index in [1.54, 1.807) is 12.4 Å². The summed E-state index contributed by atoms with van der Waals surface area (Å²) in [5, 5.41) is 3.40. The summed E-state index contributed by atoms with van der Waals surface area (Å²) in [4.78, 5) is 4.25. The van der Waals surface area contributed by atoms with Crippen molar-refractivity contribution in [2.24, 2.45) is 0 Å². The molecule has 128 valence electrons. The molecule has 1 unspecified atom stereocenters. The van der Waals surface area contributed by atoms with E-state index < -0.39 is 9.84 Å². The molecule has 1 saturated heterocycles. The van der Waals surface area contributed by atoms with E-state index in [-0.39, 0.29) is 5.75 Å². The smallest absolute Gasteiger partial charge is 0.151 e. The molecule has 3 rings (SSSR count). The Labute approximate surface area is 143 Å². The number of ether oxygens (including phenoxy) is 1. The van der Waals surface area contributed by atoms with E-state index in [4.69, 9.17) is 4.74 Å². The monoisotopic (exact) mass is 346 g/mol. The number of nitrogens with one attached hydrogen (secondary N) is 1. The number of sulfone groups is 1. The second-order valence-electron chi connectivity index (χ2n) is 6.28. The lowest BCUT2D eigenvalue weighted by molar-refractivity contribution is 0.276. The van der Waals surface area contributed by atoms with Crippen LogP contribution < -0.4 is 10.1 Å². The third-order valence-electron chi connectivity index (χ3n) is 4.02. The second kappa shape index (κ2) is 7.32. The molecule has 1 aromatic heterocycles. The quantitative estimate of drug-likeness (QED) is 0.870. The van der Waals surface area contributed by atoms with E-state index in [0.717, 1.165) is 35.4 Å². The van der Waals surface area contributed by atoms with Gasteiger partial charge in [0.15, 0.2) is 9.84 Å². The summed E-state index contributed by atoms with van der Waals surface area (Å²) >= 11 is 0. The highest BCUT2D eigenvalue weighted by molar-refractivity contribution is 7.89. The van der Waals surface area contributed by atoms with Gasteiger partial charge in [0.25, 0.3) is 0 Å². The maximum atomic E-state index is 11.5. The predicted octanol–water partition coefficient (Wildman–Crippen LogP) is 2.42.